The van der Waals surface area contributed by atoms with Crippen molar-refractivity contribution in [2.45, 2.75) is 32.1 Å². The second-order valence-electron chi connectivity index (χ2n) is 5.05. The maximum atomic E-state index is 11.2. The van der Waals surface area contributed by atoms with Crippen LogP contribution in [0.4, 0.5) is 11.4 Å². The van der Waals surface area contributed by atoms with Gasteiger partial charge in [-0.3, -0.25) is 4.79 Å². The SMILES string of the molecule is NC(=O)c1cc(NCC2CCCCC2)ccc1N. The van der Waals surface area contributed by atoms with Crippen molar-refractivity contribution in [3.8, 4) is 0 Å². The van der Waals surface area contributed by atoms with Gasteiger partial charge in [0.05, 0.1) is 5.56 Å². The average molecular weight is 247 g/mol. The maximum Gasteiger partial charge on any atom is 0.250 e. The standard InChI is InChI=1S/C14H21N3O/c15-13-7-6-11(8-12(13)14(16)18)17-9-10-4-2-1-3-5-10/h6-8,10,17H,1-5,9,15H2,(H2,16,18). The third-order valence-electron chi connectivity index (χ3n) is 3.64. The van der Waals surface area contributed by atoms with Crippen LogP contribution in [0.5, 0.6) is 0 Å². The van der Waals surface area contributed by atoms with Crippen LogP contribution in [0.25, 0.3) is 0 Å². The molecule has 0 bridgehead atoms. The molecule has 4 heteroatoms. The molecule has 0 heterocycles. The number of hydrogen-bond acceptors (Lipinski definition) is 3. The largest absolute Gasteiger partial charge is 0.398 e. The molecule has 0 spiro atoms. The Morgan fingerprint density at radius 3 is 2.67 bits per heavy atom. The molecule has 1 aromatic carbocycles. The number of primary amides is 1. The average Bonchev–Trinajstić information content (AvgIpc) is 2.38. The van der Waals surface area contributed by atoms with Gasteiger partial charge in [0, 0.05) is 17.9 Å². The molecule has 1 aromatic rings. The Labute approximate surface area is 108 Å². The molecule has 0 unspecified atom stereocenters. The lowest BCUT2D eigenvalue weighted by Crippen LogP contribution is -2.18. The molecular formula is C14H21N3O. The van der Waals surface area contributed by atoms with Crippen LogP contribution < -0.4 is 16.8 Å². The second kappa shape index (κ2) is 5.76. The van der Waals surface area contributed by atoms with Crippen molar-refractivity contribution in [1.29, 1.82) is 0 Å². The molecule has 0 aliphatic heterocycles. The van der Waals surface area contributed by atoms with Crippen molar-refractivity contribution in [2.24, 2.45) is 11.7 Å². The Balaban J connectivity index is 1.96. The summed E-state index contributed by atoms with van der Waals surface area (Å²) >= 11 is 0. The van der Waals surface area contributed by atoms with E-state index in [0.717, 1.165) is 18.2 Å². The number of nitrogen functional groups attached to an aromatic ring is 1. The van der Waals surface area contributed by atoms with Crippen molar-refractivity contribution in [3.05, 3.63) is 23.8 Å². The van der Waals surface area contributed by atoms with E-state index in [1.165, 1.54) is 32.1 Å². The van der Waals surface area contributed by atoms with Crippen LogP contribution in [0.15, 0.2) is 18.2 Å². The van der Waals surface area contributed by atoms with Gasteiger partial charge in [0.1, 0.15) is 0 Å². The highest BCUT2D eigenvalue weighted by Gasteiger charge is 2.13. The van der Waals surface area contributed by atoms with Gasteiger partial charge < -0.3 is 16.8 Å². The van der Waals surface area contributed by atoms with E-state index >= 15 is 0 Å². The molecule has 18 heavy (non-hydrogen) atoms. The van der Waals surface area contributed by atoms with E-state index < -0.39 is 5.91 Å². The Morgan fingerprint density at radius 2 is 2.00 bits per heavy atom. The highest BCUT2D eigenvalue weighted by molar-refractivity contribution is 5.98. The quantitative estimate of drug-likeness (QED) is 0.714. The van der Waals surface area contributed by atoms with E-state index in [1.807, 2.05) is 6.07 Å². The first kappa shape index (κ1) is 12.7. The zero-order valence-electron chi connectivity index (χ0n) is 10.6. The van der Waals surface area contributed by atoms with E-state index in [2.05, 4.69) is 5.32 Å². The van der Waals surface area contributed by atoms with Gasteiger partial charge in [-0.05, 0) is 37.0 Å². The topological polar surface area (TPSA) is 81.1 Å². The molecule has 1 amide bonds. The molecule has 1 aliphatic carbocycles. The van der Waals surface area contributed by atoms with Gasteiger partial charge in [-0.1, -0.05) is 19.3 Å². The van der Waals surface area contributed by atoms with E-state index in [-0.39, 0.29) is 0 Å². The first-order chi connectivity index (χ1) is 8.66. The summed E-state index contributed by atoms with van der Waals surface area (Å²) in [6.07, 6.45) is 6.63. The van der Waals surface area contributed by atoms with Crippen molar-refractivity contribution < 1.29 is 4.79 Å². The van der Waals surface area contributed by atoms with Crippen LogP contribution in [0.2, 0.25) is 0 Å². The zero-order chi connectivity index (χ0) is 13.0. The van der Waals surface area contributed by atoms with E-state index in [4.69, 9.17) is 11.5 Å². The fourth-order valence-corrected chi connectivity index (χ4v) is 2.53. The number of carbonyl (C=O) groups is 1. The fraction of sp³-hybridized carbons (Fsp3) is 0.500. The van der Waals surface area contributed by atoms with Crippen molar-refractivity contribution in [1.82, 2.24) is 0 Å². The lowest BCUT2D eigenvalue weighted by Gasteiger charge is -2.22. The number of benzene rings is 1. The number of rotatable bonds is 4. The van der Waals surface area contributed by atoms with Gasteiger partial charge in [-0.25, -0.2) is 0 Å². The number of amides is 1. The van der Waals surface area contributed by atoms with Crippen molar-refractivity contribution >= 4 is 17.3 Å². The smallest absolute Gasteiger partial charge is 0.250 e. The van der Waals surface area contributed by atoms with Gasteiger partial charge >= 0.3 is 0 Å². The minimum Gasteiger partial charge on any atom is -0.398 e. The van der Waals surface area contributed by atoms with Gasteiger partial charge in [0.25, 0.3) is 5.91 Å². The first-order valence-electron chi connectivity index (χ1n) is 6.60. The predicted octanol–water partition coefficient (Wildman–Crippen LogP) is 2.36. The van der Waals surface area contributed by atoms with E-state index in [1.54, 1.807) is 12.1 Å². The molecule has 0 radical (unpaired) electrons. The summed E-state index contributed by atoms with van der Waals surface area (Å²) in [6, 6.07) is 5.36. The van der Waals surface area contributed by atoms with Crippen LogP contribution in [0, 0.1) is 5.92 Å². The van der Waals surface area contributed by atoms with E-state index in [0.29, 0.717) is 11.3 Å². The summed E-state index contributed by atoms with van der Waals surface area (Å²) in [5.41, 5.74) is 12.7. The minimum absolute atomic E-state index is 0.392. The maximum absolute atomic E-state index is 11.2. The van der Waals surface area contributed by atoms with Crippen LogP contribution in [0.3, 0.4) is 0 Å². The Bertz CT molecular complexity index is 425. The third-order valence-corrected chi connectivity index (χ3v) is 3.64. The van der Waals surface area contributed by atoms with E-state index in [9.17, 15) is 4.79 Å². The third kappa shape index (κ3) is 3.15. The molecule has 0 saturated heterocycles. The molecule has 0 aromatic heterocycles. The Morgan fingerprint density at radius 1 is 1.28 bits per heavy atom. The summed E-state index contributed by atoms with van der Waals surface area (Å²) < 4.78 is 0. The summed E-state index contributed by atoms with van der Waals surface area (Å²) in [7, 11) is 0. The predicted molar refractivity (Wildman–Crippen MR) is 74.4 cm³/mol. The molecule has 0 atom stereocenters. The highest BCUT2D eigenvalue weighted by Crippen LogP contribution is 2.24. The van der Waals surface area contributed by atoms with Crippen LogP contribution in [-0.2, 0) is 0 Å². The normalized spacial score (nSPS) is 16.4. The lowest BCUT2D eigenvalue weighted by atomic mass is 9.89. The number of nitrogens with two attached hydrogens (primary N) is 2. The minimum atomic E-state index is -0.478. The number of anilines is 2. The molecule has 5 N–H and O–H groups in total. The van der Waals surface area contributed by atoms with Gasteiger partial charge in [-0.15, -0.1) is 0 Å². The highest BCUT2D eigenvalue weighted by atomic mass is 16.1. The fourth-order valence-electron chi connectivity index (χ4n) is 2.53. The molecule has 1 saturated carbocycles. The summed E-state index contributed by atoms with van der Waals surface area (Å²) in [4.78, 5) is 11.2. The first-order valence-corrected chi connectivity index (χ1v) is 6.60. The Kier molecular flexibility index (Phi) is 4.07. The second-order valence-corrected chi connectivity index (χ2v) is 5.05. The summed E-state index contributed by atoms with van der Waals surface area (Å²) in [6.45, 7) is 0.960. The Hall–Kier alpha value is -1.71. The summed E-state index contributed by atoms with van der Waals surface area (Å²) in [5, 5.41) is 3.37. The van der Waals surface area contributed by atoms with Gasteiger partial charge in [-0.2, -0.15) is 0 Å². The van der Waals surface area contributed by atoms with Gasteiger partial charge in [0.15, 0.2) is 0 Å². The number of nitrogens with one attached hydrogen (secondary N) is 1. The molecular weight excluding hydrogens is 226 g/mol. The molecule has 1 fully saturated rings. The van der Waals surface area contributed by atoms with Gasteiger partial charge in [0.2, 0.25) is 0 Å². The van der Waals surface area contributed by atoms with Crippen molar-refractivity contribution in [3.63, 3.8) is 0 Å². The molecule has 2 rings (SSSR count). The zero-order valence-corrected chi connectivity index (χ0v) is 10.6. The van der Waals surface area contributed by atoms with Crippen molar-refractivity contribution in [2.75, 3.05) is 17.6 Å². The van der Waals surface area contributed by atoms with Crippen LogP contribution in [0.1, 0.15) is 42.5 Å². The van der Waals surface area contributed by atoms with Crippen LogP contribution in [-0.4, -0.2) is 12.5 Å². The monoisotopic (exact) mass is 247 g/mol. The molecule has 4 nitrogen and oxygen atoms in total. The summed E-state index contributed by atoms with van der Waals surface area (Å²) in [5.74, 6) is 0.266. The molecule has 98 valence electrons. The lowest BCUT2D eigenvalue weighted by molar-refractivity contribution is 0.100. The molecule has 1 aliphatic rings. The number of hydrogen-bond donors (Lipinski definition) is 3. The number of carbonyl (C=O) groups excluding carboxylic acids is 1. The van der Waals surface area contributed by atoms with Crippen LogP contribution >= 0.6 is 0 Å².